The number of benzene rings is 2. The summed E-state index contributed by atoms with van der Waals surface area (Å²) in [5.41, 5.74) is -0.274. The maximum Gasteiger partial charge on any atom is 0.329 e. The van der Waals surface area contributed by atoms with E-state index >= 15 is 0 Å². The highest BCUT2D eigenvalue weighted by Gasteiger charge is 2.49. The molecule has 4 saturated heterocycles. The third-order valence-corrected chi connectivity index (χ3v) is 11.4. The first-order valence-corrected chi connectivity index (χ1v) is 20.1. The number of aliphatic hydroxyl groups excluding tert-OH is 1. The molecule has 7 amide bonds. The minimum Gasteiger partial charge on any atom is -0.458 e. The lowest BCUT2D eigenvalue weighted by molar-refractivity contribution is -0.384. The molecule has 0 spiro atoms. The molecule has 0 saturated carbocycles. The van der Waals surface area contributed by atoms with Crippen LogP contribution in [0.1, 0.15) is 58.4 Å². The van der Waals surface area contributed by atoms with E-state index in [1.807, 2.05) is 6.92 Å². The molecule has 4 fully saturated rings. The van der Waals surface area contributed by atoms with Gasteiger partial charge in [0, 0.05) is 56.4 Å². The topological polar surface area (TPSA) is 250 Å². The van der Waals surface area contributed by atoms with Gasteiger partial charge in [0.1, 0.15) is 54.0 Å². The second kappa shape index (κ2) is 18.6. The second-order valence-corrected chi connectivity index (χ2v) is 16.1. The number of fused-ring (bicyclic) bond motifs is 3. The summed E-state index contributed by atoms with van der Waals surface area (Å²) < 4.78 is 34.5. The number of halogens is 2. The Bertz CT molecular complexity index is 2050. The predicted octanol–water partition coefficient (Wildman–Crippen LogP) is 1.12. The zero-order valence-electron chi connectivity index (χ0n) is 33.7. The van der Waals surface area contributed by atoms with Crippen molar-refractivity contribution in [1.82, 2.24) is 30.7 Å². The van der Waals surface area contributed by atoms with Crippen molar-refractivity contribution in [3.05, 3.63) is 69.8 Å². The average molecular weight is 855 g/mol. The third-order valence-electron chi connectivity index (χ3n) is 11.4. The van der Waals surface area contributed by atoms with E-state index in [2.05, 4.69) is 21.3 Å². The van der Waals surface area contributed by atoms with E-state index in [1.54, 1.807) is 0 Å². The first-order valence-electron chi connectivity index (χ1n) is 20.1. The van der Waals surface area contributed by atoms with Gasteiger partial charge < -0.3 is 45.8 Å². The lowest BCUT2D eigenvalue weighted by atomic mass is 9.98. The Morgan fingerprint density at radius 1 is 0.902 bits per heavy atom. The molecule has 0 aliphatic carbocycles. The van der Waals surface area contributed by atoms with Crippen LogP contribution in [0, 0.1) is 27.7 Å². The van der Waals surface area contributed by atoms with Crippen molar-refractivity contribution in [2.24, 2.45) is 5.92 Å². The van der Waals surface area contributed by atoms with Crippen molar-refractivity contribution in [2.45, 2.75) is 108 Å². The molecule has 2 aromatic carbocycles. The maximum atomic E-state index is 14.7. The Balaban J connectivity index is 1.35. The van der Waals surface area contributed by atoms with Gasteiger partial charge in [0.25, 0.3) is 5.69 Å². The molecular weight excluding hydrogens is 806 g/mol. The highest BCUT2D eigenvalue weighted by Crippen LogP contribution is 2.29. The molecule has 328 valence electrons. The van der Waals surface area contributed by atoms with E-state index in [-0.39, 0.29) is 61.8 Å². The third kappa shape index (κ3) is 10.2. The van der Waals surface area contributed by atoms with Crippen LogP contribution in [0.15, 0.2) is 42.5 Å². The van der Waals surface area contributed by atoms with Crippen LogP contribution < -0.4 is 21.3 Å². The number of urea groups is 1. The number of aliphatic hydroxyl groups is 1. The van der Waals surface area contributed by atoms with Gasteiger partial charge >= 0.3 is 12.0 Å². The Morgan fingerprint density at radius 2 is 1.57 bits per heavy atom. The van der Waals surface area contributed by atoms with Crippen LogP contribution in [0.5, 0.6) is 0 Å². The second-order valence-electron chi connectivity index (χ2n) is 16.1. The van der Waals surface area contributed by atoms with E-state index < -0.39 is 113 Å². The molecule has 6 rings (SSSR count). The van der Waals surface area contributed by atoms with Crippen molar-refractivity contribution in [1.29, 1.82) is 0 Å². The summed E-state index contributed by atoms with van der Waals surface area (Å²) in [7, 11) is 0. The number of rotatable bonds is 7. The van der Waals surface area contributed by atoms with Crippen LogP contribution >= 0.6 is 0 Å². The van der Waals surface area contributed by atoms with Crippen molar-refractivity contribution >= 4 is 52.9 Å². The Morgan fingerprint density at radius 3 is 2.25 bits per heavy atom. The number of carbonyl (C=O) groups is 7. The number of anilines is 1. The standard InChI is InChI=1S/C40H48F2N8O11/c1-20-12-32-39(57)61-22(3)33(46-34(52)29(15-23-13-24(41)16-25(42)14-23)45-40(58)44-26-7-9-27(10-8-26)50(59)60)38(56)49-19-28(51)17-31(49)37(55)47-11-5-4-6-30(47)35(53)43-21(2)36(54)48(32)18-20/h7-10,13-14,16,20-22,28-33,51H,4-6,11-12,15,17-19H2,1-3H3,(H,43,53)(H,46,52)(H2,44,45,58)/t20-,21+,22+,28-,29+,30+,31+,32+,33+/m1/s1. The fourth-order valence-corrected chi connectivity index (χ4v) is 8.39. The number of nitro benzene ring substituents is 1. The molecule has 19 nitrogen and oxygen atoms in total. The summed E-state index contributed by atoms with van der Waals surface area (Å²) in [6, 6.07) is -1.95. The summed E-state index contributed by atoms with van der Waals surface area (Å²) in [6.45, 7) is 4.49. The number of non-ortho nitro benzene ring substituents is 1. The number of nitrogens with one attached hydrogen (secondary N) is 4. The van der Waals surface area contributed by atoms with Crippen molar-refractivity contribution in [2.75, 3.05) is 25.0 Å². The normalized spacial score (nSPS) is 27.9. The lowest BCUT2D eigenvalue weighted by Gasteiger charge is -2.39. The van der Waals surface area contributed by atoms with Crippen molar-refractivity contribution < 1.29 is 57.1 Å². The maximum absolute atomic E-state index is 14.7. The molecule has 4 heterocycles. The molecule has 9 atom stereocenters. The van der Waals surface area contributed by atoms with Crippen LogP contribution in [0.25, 0.3) is 0 Å². The van der Waals surface area contributed by atoms with E-state index in [4.69, 9.17) is 4.74 Å². The fourth-order valence-electron chi connectivity index (χ4n) is 8.39. The van der Waals surface area contributed by atoms with E-state index in [1.165, 1.54) is 35.8 Å². The van der Waals surface area contributed by atoms with Gasteiger partial charge in [0.2, 0.25) is 29.5 Å². The average Bonchev–Trinajstić information content (AvgIpc) is 3.80. The number of piperidine rings is 1. The molecule has 2 aromatic rings. The van der Waals surface area contributed by atoms with E-state index in [0.29, 0.717) is 18.9 Å². The summed E-state index contributed by atoms with van der Waals surface area (Å²) in [6.07, 6.45) is -1.94. The highest BCUT2D eigenvalue weighted by molar-refractivity contribution is 5.99. The molecule has 4 aliphatic rings. The molecule has 0 radical (unpaired) electrons. The lowest BCUT2D eigenvalue weighted by Crippen LogP contribution is -2.63. The smallest absolute Gasteiger partial charge is 0.329 e. The summed E-state index contributed by atoms with van der Waals surface area (Å²) in [4.78, 5) is 112. The number of amides is 7. The zero-order valence-corrected chi connectivity index (χ0v) is 33.7. The molecule has 0 aromatic heterocycles. The van der Waals surface area contributed by atoms with Gasteiger partial charge in [-0.2, -0.15) is 0 Å². The summed E-state index contributed by atoms with van der Waals surface area (Å²) >= 11 is 0. The van der Waals surface area contributed by atoms with Gasteiger partial charge in [0.05, 0.1) is 11.0 Å². The number of carbonyl (C=O) groups excluding carboxylic acids is 7. The largest absolute Gasteiger partial charge is 0.458 e. The highest BCUT2D eigenvalue weighted by atomic mass is 19.1. The first kappa shape index (κ1) is 44.3. The summed E-state index contributed by atoms with van der Waals surface area (Å²) in [5.74, 6) is -6.98. The Labute approximate surface area is 348 Å². The van der Waals surface area contributed by atoms with E-state index in [0.717, 1.165) is 29.2 Å². The van der Waals surface area contributed by atoms with Gasteiger partial charge in [-0.05, 0) is 75.3 Å². The predicted molar refractivity (Wildman–Crippen MR) is 209 cm³/mol. The van der Waals surface area contributed by atoms with Crippen LogP contribution in [0.4, 0.5) is 25.0 Å². The van der Waals surface area contributed by atoms with Gasteiger partial charge in [0.15, 0.2) is 0 Å². The van der Waals surface area contributed by atoms with Crippen molar-refractivity contribution in [3.8, 4) is 0 Å². The number of hydrogen-bond donors (Lipinski definition) is 5. The van der Waals surface area contributed by atoms with Crippen LogP contribution in [-0.2, 0) is 39.9 Å². The van der Waals surface area contributed by atoms with Crippen LogP contribution in [0.2, 0.25) is 0 Å². The molecule has 4 aliphatic heterocycles. The molecule has 0 bridgehead atoms. The van der Waals surface area contributed by atoms with Gasteiger partial charge in [-0.25, -0.2) is 18.4 Å². The summed E-state index contributed by atoms with van der Waals surface area (Å²) in [5, 5.41) is 32.0. The van der Waals surface area contributed by atoms with Crippen LogP contribution in [-0.4, -0.2) is 134 Å². The first-order chi connectivity index (χ1) is 28.9. The SMILES string of the molecule is C[C@@H]1C[C@H]2C(=O)O[C@@H](C)[C@H](NC(=O)[C@H](Cc3cc(F)cc(F)c3)NC(=O)Nc3ccc([N+](=O)[O-])cc3)C(=O)N3C[C@H](O)C[C@H]3C(=O)N3CCCC[C@H]3C(=O)N[C@@H](C)C(=O)N2C1. The quantitative estimate of drug-likeness (QED) is 0.150. The molecule has 5 N–H and O–H groups in total. The van der Waals surface area contributed by atoms with Crippen molar-refractivity contribution in [3.63, 3.8) is 0 Å². The molecule has 61 heavy (non-hydrogen) atoms. The van der Waals surface area contributed by atoms with Gasteiger partial charge in [-0.1, -0.05) is 6.92 Å². The fraction of sp³-hybridized carbons (Fsp3) is 0.525. The van der Waals surface area contributed by atoms with E-state index in [9.17, 15) is 57.6 Å². The molecular formula is C40H48F2N8O11. The number of nitro groups is 1. The molecule has 21 heteroatoms. The monoisotopic (exact) mass is 854 g/mol. The van der Waals surface area contributed by atoms with Gasteiger partial charge in [-0.15, -0.1) is 0 Å². The number of ether oxygens (including phenoxy) is 1. The number of cyclic esters (lactones) is 1. The zero-order chi connectivity index (χ0) is 44.3. The van der Waals surface area contributed by atoms with Gasteiger partial charge in [-0.3, -0.25) is 34.1 Å². The number of esters is 1. The van der Waals surface area contributed by atoms with Crippen LogP contribution in [0.3, 0.4) is 0 Å². The number of hydrogen-bond acceptors (Lipinski definition) is 11. The Kier molecular flexibility index (Phi) is 13.5. The number of nitrogens with zero attached hydrogens (tertiary/aromatic N) is 4. The minimum absolute atomic E-state index is 0.0761. The minimum atomic E-state index is -1.81. The molecule has 0 unspecified atom stereocenters. The Hall–Kier alpha value is -6.25.